The van der Waals surface area contributed by atoms with Crippen molar-refractivity contribution in [2.24, 2.45) is 0 Å². The van der Waals surface area contributed by atoms with Crippen LogP contribution in [-0.2, 0) is 39.9 Å². The van der Waals surface area contributed by atoms with E-state index in [0.29, 0.717) is 5.92 Å². The number of pyridine rings is 1. The van der Waals surface area contributed by atoms with Gasteiger partial charge in [0.1, 0.15) is 0 Å². The van der Waals surface area contributed by atoms with Gasteiger partial charge in [0.15, 0.2) is 38.5 Å². The van der Waals surface area contributed by atoms with Gasteiger partial charge >= 0.3 is 19.8 Å². The van der Waals surface area contributed by atoms with Crippen LogP contribution in [0.1, 0.15) is 25.5 Å². The molecule has 0 aromatic carbocycles. The SMILES string of the molecule is CO[Si](CC[n+]1ccccc1C(C)C)(OC)OC.O=S(=O)([N-]S(=O)(=O)C(F)(F)F)C(F)(F)F. The minimum atomic E-state index is -6.72. The number of aromatic nitrogens is 1. The molecule has 1 rings (SSSR count). The first-order chi connectivity index (χ1) is 14.8. The Kier molecular flexibility index (Phi) is 11.4. The third-order valence-corrected chi connectivity index (χ3v) is 9.38. The largest absolute Gasteiger partial charge is 0.506 e. The lowest BCUT2D eigenvalue weighted by Crippen LogP contribution is -2.48. The summed E-state index contributed by atoms with van der Waals surface area (Å²) in [5.41, 5.74) is -11.1. The standard InChI is InChI=1S/C13H24NO3Si.C2F6NO4S2/c1-12(2)13-8-6-7-9-14(13)10-11-18(15-3,16-4)17-5;3-1(4,5)14(10,11)9-15(12,13)2(6,7)8/h6-9,12H,10-11H2,1-5H3;/q+1;-1. The maximum atomic E-state index is 11.4. The molecule has 1 heterocycles. The van der Waals surface area contributed by atoms with Crippen LogP contribution in [0.15, 0.2) is 24.4 Å². The zero-order valence-corrected chi connectivity index (χ0v) is 20.8. The highest BCUT2D eigenvalue weighted by atomic mass is 32.3. The van der Waals surface area contributed by atoms with Crippen LogP contribution in [0.4, 0.5) is 26.3 Å². The quantitative estimate of drug-likeness (QED) is 0.264. The Morgan fingerprint density at radius 2 is 1.33 bits per heavy atom. The number of hydrogen-bond acceptors (Lipinski definition) is 7. The summed E-state index contributed by atoms with van der Waals surface area (Å²) in [7, 11) is -11.0. The molecule has 1 aromatic heterocycles. The Bertz CT molecular complexity index is 915. The molecule has 194 valence electrons. The van der Waals surface area contributed by atoms with E-state index < -0.39 is 39.9 Å². The normalized spacial score (nSPS) is 13.6. The first kappa shape index (κ1) is 31.7. The summed E-state index contributed by atoms with van der Waals surface area (Å²) in [6.45, 7) is 5.23. The van der Waals surface area contributed by atoms with Gasteiger partial charge in [-0.3, -0.25) is 0 Å². The van der Waals surface area contributed by atoms with Crippen LogP contribution in [-0.4, -0.2) is 58.0 Å². The lowest BCUT2D eigenvalue weighted by Gasteiger charge is -2.23. The first-order valence-corrected chi connectivity index (χ1v) is 13.6. The molecule has 0 N–H and O–H groups in total. The van der Waals surface area contributed by atoms with Gasteiger partial charge < -0.3 is 17.4 Å². The Morgan fingerprint density at radius 3 is 1.67 bits per heavy atom. The van der Waals surface area contributed by atoms with Crippen molar-refractivity contribution in [3.8, 4) is 0 Å². The second kappa shape index (κ2) is 11.9. The van der Waals surface area contributed by atoms with Crippen LogP contribution in [0.3, 0.4) is 0 Å². The molecule has 0 atom stereocenters. The van der Waals surface area contributed by atoms with Crippen LogP contribution in [0.5, 0.6) is 0 Å². The topological polar surface area (TPSA) is 114 Å². The molecule has 0 fully saturated rings. The fraction of sp³-hybridized carbons (Fsp3) is 0.667. The van der Waals surface area contributed by atoms with E-state index in [9.17, 15) is 43.2 Å². The van der Waals surface area contributed by atoms with Crippen molar-refractivity contribution in [1.29, 1.82) is 0 Å². The molecule has 0 aliphatic rings. The van der Waals surface area contributed by atoms with E-state index in [1.807, 2.05) is 6.07 Å². The predicted octanol–water partition coefficient (Wildman–Crippen LogP) is 3.03. The summed E-state index contributed by atoms with van der Waals surface area (Å²) < 4.78 is 128. The summed E-state index contributed by atoms with van der Waals surface area (Å²) in [6.07, 6.45) is 2.09. The van der Waals surface area contributed by atoms with Crippen LogP contribution in [0, 0.1) is 0 Å². The van der Waals surface area contributed by atoms with Crippen molar-refractivity contribution in [2.75, 3.05) is 21.3 Å². The zero-order valence-electron chi connectivity index (χ0n) is 18.1. The molecule has 0 radical (unpaired) electrons. The highest BCUT2D eigenvalue weighted by Gasteiger charge is 2.47. The number of halogens is 6. The molecule has 0 aliphatic heterocycles. The van der Waals surface area contributed by atoms with E-state index in [1.54, 1.807) is 21.3 Å². The van der Waals surface area contributed by atoms with Crippen LogP contribution in [0.25, 0.3) is 4.13 Å². The van der Waals surface area contributed by atoms with Crippen molar-refractivity contribution in [3.63, 3.8) is 0 Å². The average molecular weight is 551 g/mol. The maximum absolute atomic E-state index is 11.4. The Labute approximate surface area is 189 Å². The van der Waals surface area contributed by atoms with Gasteiger partial charge in [-0.2, -0.15) is 26.3 Å². The van der Waals surface area contributed by atoms with Crippen molar-refractivity contribution >= 4 is 28.9 Å². The van der Waals surface area contributed by atoms with E-state index in [2.05, 4.69) is 36.7 Å². The van der Waals surface area contributed by atoms with Crippen molar-refractivity contribution < 1.29 is 61.0 Å². The number of sulfonamides is 2. The van der Waals surface area contributed by atoms with Gasteiger partial charge in [0.05, 0.1) is 6.04 Å². The summed E-state index contributed by atoms with van der Waals surface area (Å²) in [4.78, 5) is 0. The zero-order chi connectivity index (χ0) is 26.3. The average Bonchev–Trinajstić information content (AvgIpc) is 2.67. The Balaban J connectivity index is 0.000000633. The Morgan fingerprint density at radius 1 is 0.909 bits per heavy atom. The van der Waals surface area contributed by atoms with Crippen LogP contribution < -0.4 is 4.57 Å². The molecule has 0 amide bonds. The fourth-order valence-corrected chi connectivity index (χ4v) is 5.58. The predicted molar refractivity (Wildman–Crippen MR) is 106 cm³/mol. The van der Waals surface area contributed by atoms with Gasteiger partial charge in [0, 0.05) is 39.4 Å². The molecule has 0 saturated heterocycles. The third kappa shape index (κ3) is 9.10. The van der Waals surface area contributed by atoms with Gasteiger partial charge in [-0.05, 0) is 0 Å². The lowest BCUT2D eigenvalue weighted by atomic mass is 10.1. The van der Waals surface area contributed by atoms with Crippen LogP contribution >= 0.6 is 0 Å². The van der Waals surface area contributed by atoms with Crippen LogP contribution in [0.2, 0.25) is 6.04 Å². The number of hydrogen-bond donors (Lipinski definition) is 0. The summed E-state index contributed by atoms with van der Waals surface area (Å²) in [5, 5.41) is 0. The smallest absolute Gasteiger partial charge is 0.421 e. The molecule has 0 aliphatic carbocycles. The molecular weight excluding hydrogens is 526 g/mol. The van der Waals surface area contributed by atoms with E-state index >= 15 is 0 Å². The Hall–Kier alpha value is -1.31. The molecular formula is C15H24F6N2O7S2Si. The minimum Gasteiger partial charge on any atom is -0.421 e. The maximum Gasteiger partial charge on any atom is 0.506 e. The van der Waals surface area contributed by atoms with Crippen molar-refractivity contribution in [2.45, 2.75) is 43.4 Å². The van der Waals surface area contributed by atoms with E-state index in [1.165, 1.54) is 5.69 Å². The first-order valence-electron chi connectivity index (χ1n) is 8.79. The van der Waals surface area contributed by atoms with E-state index in [0.717, 1.165) is 16.7 Å². The number of aryl methyl sites for hydroxylation is 1. The van der Waals surface area contributed by atoms with Gasteiger partial charge in [-0.25, -0.2) is 21.4 Å². The molecule has 33 heavy (non-hydrogen) atoms. The fourth-order valence-electron chi connectivity index (χ4n) is 2.24. The number of alkyl halides is 6. The monoisotopic (exact) mass is 550 g/mol. The van der Waals surface area contributed by atoms with E-state index in [4.69, 9.17) is 13.3 Å². The lowest BCUT2D eigenvalue weighted by molar-refractivity contribution is -0.702. The molecule has 18 heteroatoms. The highest BCUT2D eigenvalue weighted by molar-refractivity contribution is 8.13. The van der Waals surface area contributed by atoms with Gasteiger partial charge in [0.2, 0.25) is 0 Å². The molecule has 0 unspecified atom stereocenters. The van der Waals surface area contributed by atoms with Crippen molar-refractivity contribution in [3.05, 3.63) is 34.2 Å². The summed E-state index contributed by atoms with van der Waals surface area (Å²) in [5.74, 6) is 0.495. The van der Waals surface area contributed by atoms with E-state index in [-0.39, 0.29) is 0 Å². The second-order valence-corrected chi connectivity index (χ2v) is 12.9. The van der Waals surface area contributed by atoms with Crippen molar-refractivity contribution in [1.82, 2.24) is 0 Å². The summed E-state index contributed by atoms with van der Waals surface area (Å²) >= 11 is 0. The third-order valence-electron chi connectivity index (χ3n) is 3.94. The highest BCUT2D eigenvalue weighted by Crippen LogP contribution is 2.36. The summed E-state index contributed by atoms with van der Waals surface area (Å²) in [6, 6.07) is 7.03. The number of nitrogens with zero attached hydrogens (tertiary/aromatic N) is 2. The van der Waals surface area contributed by atoms with Gasteiger partial charge in [0.25, 0.3) is 0 Å². The molecule has 0 bridgehead atoms. The molecule has 9 nitrogen and oxygen atoms in total. The minimum absolute atomic E-state index is 0.495. The molecule has 0 saturated carbocycles. The number of rotatable bonds is 9. The molecule has 0 spiro atoms. The van der Waals surface area contributed by atoms with Gasteiger partial charge in [-0.1, -0.05) is 19.9 Å². The molecule has 1 aromatic rings. The second-order valence-electron chi connectivity index (χ2n) is 6.44. The van der Waals surface area contributed by atoms with Gasteiger partial charge in [-0.15, -0.1) is 0 Å².